The van der Waals surface area contributed by atoms with Gasteiger partial charge in [0.05, 0.1) is 11.0 Å². The summed E-state index contributed by atoms with van der Waals surface area (Å²) in [6, 6.07) is 67.4. The maximum atomic E-state index is 6.56. The van der Waals surface area contributed by atoms with Crippen LogP contribution in [0, 0.1) is 0 Å². The predicted octanol–water partition coefficient (Wildman–Crippen LogP) is 13.2. The second kappa shape index (κ2) is 13.0. The second-order valence-electron chi connectivity index (χ2n) is 14.0. The van der Waals surface area contributed by atoms with Gasteiger partial charge in [-0.15, -0.1) is 0 Å². The Bertz CT molecular complexity index is 3130. The van der Waals surface area contributed by atoms with Crippen molar-refractivity contribution in [3.63, 3.8) is 0 Å². The highest BCUT2D eigenvalue weighted by Gasteiger charge is 2.21. The van der Waals surface area contributed by atoms with Gasteiger partial charge in [-0.25, -0.2) is 4.98 Å². The smallest absolute Gasteiger partial charge is 0.238 e. The number of para-hydroxylation sites is 3. The lowest BCUT2D eigenvalue weighted by Gasteiger charge is -2.14. The molecule has 11 aromatic rings. The monoisotopic (exact) mass is 716 g/mol. The van der Waals surface area contributed by atoms with Crippen LogP contribution >= 0.6 is 0 Å². The van der Waals surface area contributed by atoms with Gasteiger partial charge in [-0.1, -0.05) is 146 Å². The molecular weight excluding hydrogens is 685 g/mol. The molecule has 0 aliphatic carbocycles. The van der Waals surface area contributed by atoms with Gasteiger partial charge in [-0.05, 0) is 81.9 Å². The summed E-state index contributed by atoms with van der Waals surface area (Å²) < 4.78 is 8.73. The lowest BCUT2D eigenvalue weighted by molar-refractivity contribution is 0.669. The van der Waals surface area contributed by atoms with Crippen LogP contribution < -0.4 is 0 Å². The van der Waals surface area contributed by atoms with Gasteiger partial charge in [0, 0.05) is 32.7 Å². The molecule has 0 unspecified atom stereocenters. The van der Waals surface area contributed by atoms with Crippen LogP contribution in [0.4, 0.5) is 0 Å². The highest BCUT2D eigenvalue weighted by atomic mass is 16.3. The summed E-state index contributed by atoms with van der Waals surface area (Å²) in [4.78, 5) is 16.0. The number of fused-ring (bicyclic) bond motifs is 6. The fourth-order valence-corrected chi connectivity index (χ4v) is 8.04. The summed E-state index contributed by atoms with van der Waals surface area (Å²) in [5, 5.41) is 4.41. The highest BCUT2D eigenvalue weighted by molar-refractivity contribution is 6.13. The van der Waals surface area contributed by atoms with Gasteiger partial charge < -0.3 is 4.42 Å². The van der Waals surface area contributed by atoms with E-state index in [-0.39, 0.29) is 0 Å². The zero-order valence-corrected chi connectivity index (χ0v) is 30.2. The average molecular weight is 717 g/mol. The zero-order valence-electron chi connectivity index (χ0n) is 30.2. The fraction of sp³-hybridized carbons (Fsp3) is 0. The normalized spacial score (nSPS) is 11.6. The first-order valence-corrected chi connectivity index (χ1v) is 18.8. The quantitative estimate of drug-likeness (QED) is 0.172. The topological polar surface area (TPSA) is 56.7 Å². The molecule has 262 valence electrons. The summed E-state index contributed by atoms with van der Waals surface area (Å²) in [6.45, 7) is 0. The number of furan rings is 1. The molecule has 0 amide bonds. The van der Waals surface area contributed by atoms with Crippen LogP contribution in [0.25, 0.3) is 106 Å². The van der Waals surface area contributed by atoms with Crippen LogP contribution in [-0.2, 0) is 0 Å². The maximum absolute atomic E-state index is 6.56. The minimum Gasteiger partial charge on any atom is -0.456 e. The molecule has 0 fully saturated rings. The van der Waals surface area contributed by atoms with E-state index in [1.54, 1.807) is 0 Å². The Morgan fingerprint density at radius 3 is 1.39 bits per heavy atom. The molecule has 56 heavy (non-hydrogen) atoms. The Morgan fingerprint density at radius 1 is 0.339 bits per heavy atom. The highest BCUT2D eigenvalue weighted by Crippen LogP contribution is 2.41. The maximum Gasteiger partial charge on any atom is 0.238 e. The summed E-state index contributed by atoms with van der Waals surface area (Å²) >= 11 is 0. The van der Waals surface area contributed by atoms with E-state index in [1.165, 1.54) is 0 Å². The summed E-state index contributed by atoms with van der Waals surface area (Å²) in [6.07, 6.45) is 0. The molecule has 0 atom stereocenters. The Kier molecular flexibility index (Phi) is 7.42. The van der Waals surface area contributed by atoms with Crippen molar-refractivity contribution in [2.75, 3.05) is 0 Å². The van der Waals surface area contributed by atoms with E-state index in [0.29, 0.717) is 17.6 Å². The van der Waals surface area contributed by atoms with Crippen molar-refractivity contribution in [1.29, 1.82) is 0 Å². The lowest BCUT2D eigenvalue weighted by atomic mass is 9.95. The Hall–Kier alpha value is -7.63. The number of rotatable bonds is 6. The summed E-state index contributed by atoms with van der Waals surface area (Å²) in [5.41, 5.74) is 11.9. The largest absolute Gasteiger partial charge is 0.456 e. The van der Waals surface area contributed by atoms with Crippen molar-refractivity contribution >= 4 is 43.7 Å². The average Bonchev–Trinajstić information content (AvgIpc) is 3.83. The number of benzene rings is 8. The number of hydrogen-bond donors (Lipinski definition) is 0. The van der Waals surface area contributed by atoms with Crippen molar-refractivity contribution in [2.24, 2.45) is 0 Å². The van der Waals surface area contributed by atoms with Gasteiger partial charge in [-0.2, -0.15) is 9.97 Å². The van der Waals surface area contributed by atoms with Crippen LogP contribution in [0.15, 0.2) is 199 Å². The Morgan fingerprint density at radius 2 is 0.804 bits per heavy atom. The molecule has 3 heterocycles. The van der Waals surface area contributed by atoms with E-state index in [2.05, 4.69) is 168 Å². The zero-order chi connectivity index (χ0) is 37.0. The molecule has 0 radical (unpaired) electrons. The molecular formula is C51H32N4O. The third-order valence-electron chi connectivity index (χ3n) is 10.6. The minimum atomic E-state index is 0.541. The van der Waals surface area contributed by atoms with E-state index in [0.717, 1.165) is 88.3 Å². The number of hydrogen-bond acceptors (Lipinski definition) is 4. The van der Waals surface area contributed by atoms with Crippen molar-refractivity contribution in [3.05, 3.63) is 194 Å². The molecule has 0 bridgehead atoms. The molecule has 0 aliphatic rings. The molecule has 0 saturated carbocycles. The van der Waals surface area contributed by atoms with Gasteiger partial charge >= 0.3 is 0 Å². The van der Waals surface area contributed by atoms with Gasteiger partial charge in [0.15, 0.2) is 11.6 Å². The van der Waals surface area contributed by atoms with Crippen molar-refractivity contribution < 1.29 is 4.42 Å². The van der Waals surface area contributed by atoms with E-state index >= 15 is 0 Å². The third kappa shape index (κ3) is 5.37. The molecule has 5 nitrogen and oxygen atoms in total. The van der Waals surface area contributed by atoms with Gasteiger partial charge in [0.1, 0.15) is 11.2 Å². The molecule has 11 rings (SSSR count). The first kappa shape index (κ1) is 31.9. The van der Waals surface area contributed by atoms with Crippen molar-refractivity contribution in [2.45, 2.75) is 0 Å². The van der Waals surface area contributed by atoms with Gasteiger partial charge in [0.2, 0.25) is 5.95 Å². The first-order chi connectivity index (χ1) is 27.7. The lowest BCUT2D eigenvalue weighted by Crippen LogP contribution is -2.06. The van der Waals surface area contributed by atoms with Crippen LogP contribution in [0.1, 0.15) is 0 Å². The Balaban J connectivity index is 1.22. The summed E-state index contributed by atoms with van der Waals surface area (Å²) in [7, 11) is 0. The van der Waals surface area contributed by atoms with Crippen molar-refractivity contribution in [1.82, 2.24) is 19.5 Å². The molecule has 0 N–H and O–H groups in total. The SMILES string of the molecule is c1ccc(-c2cc(-c3ccccc3)cc(-c3nc(-c4cc(-c5ccccc5)c5c(c4)oc4ccccc45)nc(-n4c5ccccc5c5ccccc54)n3)c2)cc1. The number of nitrogens with zero attached hydrogens (tertiary/aromatic N) is 4. The first-order valence-electron chi connectivity index (χ1n) is 18.8. The van der Waals surface area contributed by atoms with Crippen LogP contribution in [0.3, 0.4) is 0 Å². The Labute approximate surface area is 322 Å². The van der Waals surface area contributed by atoms with E-state index in [4.69, 9.17) is 19.4 Å². The van der Waals surface area contributed by atoms with E-state index < -0.39 is 0 Å². The van der Waals surface area contributed by atoms with E-state index in [1.807, 2.05) is 30.3 Å². The van der Waals surface area contributed by atoms with Crippen LogP contribution in [0.2, 0.25) is 0 Å². The molecule has 0 spiro atoms. The molecule has 8 aromatic carbocycles. The number of aromatic nitrogens is 4. The van der Waals surface area contributed by atoms with Gasteiger partial charge in [-0.3, -0.25) is 4.57 Å². The van der Waals surface area contributed by atoms with Crippen LogP contribution in [0.5, 0.6) is 0 Å². The summed E-state index contributed by atoms with van der Waals surface area (Å²) in [5.74, 6) is 1.67. The molecule has 0 saturated heterocycles. The molecule has 0 aliphatic heterocycles. The fourth-order valence-electron chi connectivity index (χ4n) is 8.04. The molecule has 5 heteroatoms. The van der Waals surface area contributed by atoms with Gasteiger partial charge in [0.25, 0.3) is 0 Å². The minimum absolute atomic E-state index is 0.541. The second-order valence-corrected chi connectivity index (χ2v) is 14.0. The van der Waals surface area contributed by atoms with Crippen LogP contribution in [-0.4, -0.2) is 19.5 Å². The molecule has 3 aromatic heterocycles. The van der Waals surface area contributed by atoms with E-state index in [9.17, 15) is 0 Å². The van der Waals surface area contributed by atoms with Crippen molar-refractivity contribution in [3.8, 4) is 62.1 Å². The standard InChI is InChI=1S/C51H32N4O/c1-4-16-33(17-5-1)36-28-37(34-18-6-2-7-19-34)30-38(29-36)49-52-50(54-51(53-49)55-44-25-13-10-22-40(44)41-23-11-14-26-45(41)55)39-31-43(35-20-8-3-9-21-35)48-42-24-12-15-27-46(42)56-47(48)32-39/h1-32H. The third-order valence-corrected chi connectivity index (χ3v) is 10.6. The predicted molar refractivity (Wildman–Crippen MR) is 229 cm³/mol.